The Hall–Kier alpha value is -4.06. The van der Waals surface area contributed by atoms with Crippen LogP contribution in [-0.4, -0.2) is 18.9 Å². The Labute approximate surface area is 188 Å². The van der Waals surface area contributed by atoms with Crippen molar-refractivity contribution in [3.05, 3.63) is 95.7 Å². The van der Waals surface area contributed by atoms with Crippen molar-refractivity contribution in [2.75, 3.05) is 12.4 Å². The van der Waals surface area contributed by atoms with Gasteiger partial charge < -0.3 is 15.5 Å². The van der Waals surface area contributed by atoms with E-state index in [2.05, 4.69) is 16.2 Å². The van der Waals surface area contributed by atoms with E-state index in [9.17, 15) is 9.59 Å². The van der Waals surface area contributed by atoms with Crippen molar-refractivity contribution in [1.82, 2.24) is 10.9 Å². The van der Waals surface area contributed by atoms with Gasteiger partial charge in [0.1, 0.15) is 5.75 Å². The number of rotatable bonds is 8. The largest absolute Gasteiger partial charge is 0.495 e. The predicted molar refractivity (Wildman–Crippen MR) is 127 cm³/mol. The Bertz CT molecular complexity index is 1110. The van der Waals surface area contributed by atoms with Crippen molar-refractivity contribution < 1.29 is 14.3 Å². The summed E-state index contributed by atoms with van der Waals surface area (Å²) in [5.41, 5.74) is 10.6. The van der Waals surface area contributed by atoms with Gasteiger partial charge in [-0.15, -0.1) is 0 Å². The van der Waals surface area contributed by atoms with Gasteiger partial charge in [0.15, 0.2) is 0 Å². The Balaban J connectivity index is 1.50. The zero-order valence-electron chi connectivity index (χ0n) is 18.4. The molecule has 164 valence electrons. The average Bonchev–Trinajstić information content (AvgIpc) is 2.79. The average molecular weight is 430 g/mol. The van der Waals surface area contributed by atoms with Gasteiger partial charge in [-0.2, -0.15) is 0 Å². The number of allylic oxidation sites excluding steroid dienone is 1. The molecule has 0 aliphatic carbocycles. The molecule has 32 heavy (non-hydrogen) atoms. The SMILES string of the molecule is COc1ccc(C)cc1NC(=O)C=C(C)NNC(=O)Cc1ccc(-c2ccccc2)cc1. The van der Waals surface area contributed by atoms with Crippen LogP contribution in [0.25, 0.3) is 11.1 Å². The van der Waals surface area contributed by atoms with Crippen LogP contribution >= 0.6 is 0 Å². The molecule has 3 aromatic rings. The maximum absolute atomic E-state index is 12.3. The van der Waals surface area contributed by atoms with E-state index in [0.29, 0.717) is 17.1 Å². The highest BCUT2D eigenvalue weighted by molar-refractivity contribution is 6.00. The molecule has 6 nitrogen and oxygen atoms in total. The maximum atomic E-state index is 12.3. The first kappa shape index (κ1) is 22.6. The molecule has 0 spiro atoms. The highest BCUT2D eigenvalue weighted by atomic mass is 16.5. The highest BCUT2D eigenvalue weighted by Crippen LogP contribution is 2.25. The number of ether oxygens (including phenoxy) is 1. The Kier molecular flexibility index (Phi) is 7.65. The molecular formula is C26H27N3O3. The van der Waals surface area contributed by atoms with E-state index < -0.39 is 0 Å². The summed E-state index contributed by atoms with van der Waals surface area (Å²) in [7, 11) is 1.55. The number of hydrogen-bond acceptors (Lipinski definition) is 4. The molecule has 0 unspecified atom stereocenters. The molecule has 3 N–H and O–H groups in total. The second-order valence-electron chi connectivity index (χ2n) is 7.43. The molecule has 0 saturated heterocycles. The molecule has 3 aromatic carbocycles. The molecule has 0 atom stereocenters. The van der Waals surface area contributed by atoms with Crippen LogP contribution in [0.15, 0.2) is 84.6 Å². The van der Waals surface area contributed by atoms with Crippen LogP contribution in [0.4, 0.5) is 5.69 Å². The van der Waals surface area contributed by atoms with E-state index in [0.717, 1.165) is 22.3 Å². The lowest BCUT2D eigenvalue weighted by Crippen LogP contribution is -2.37. The molecule has 0 radical (unpaired) electrons. The summed E-state index contributed by atoms with van der Waals surface area (Å²) in [6.45, 7) is 3.63. The molecule has 0 aromatic heterocycles. The zero-order chi connectivity index (χ0) is 22.9. The molecule has 0 heterocycles. The zero-order valence-corrected chi connectivity index (χ0v) is 18.4. The third kappa shape index (κ3) is 6.47. The van der Waals surface area contributed by atoms with Crippen LogP contribution < -0.4 is 20.9 Å². The molecule has 6 heteroatoms. The smallest absolute Gasteiger partial charge is 0.250 e. The lowest BCUT2D eigenvalue weighted by atomic mass is 10.0. The van der Waals surface area contributed by atoms with Gasteiger partial charge in [-0.1, -0.05) is 60.7 Å². The van der Waals surface area contributed by atoms with Crippen LogP contribution in [-0.2, 0) is 16.0 Å². The minimum Gasteiger partial charge on any atom is -0.495 e. The second-order valence-corrected chi connectivity index (χ2v) is 7.43. The molecule has 0 aliphatic heterocycles. The van der Waals surface area contributed by atoms with Gasteiger partial charge >= 0.3 is 0 Å². The van der Waals surface area contributed by atoms with Gasteiger partial charge in [0.2, 0.25) is 11.8 Å². The number of aryl methyl sites for hydroxylation is 1. The number of benzene rings is 3. The number of carbonyl (C=O) groups is 2. The van der Waals surface area contributed by atoms with Crippen LogP contribution in [0, 0.1) is 6.92 Å². The fraction of sp³-hybridized carbons (Fsp3) is 0.154. The Morgan fingerprint density at radius 2 is 1.59 bits per heavy atom. The van der Waals surface area contributed by atoms with Crippen LogP contribution in [0.1, 0.15) is 18.1 Å². The lowest BCUT2D eigenvalue weighted by molar-refractivity contribution is -0.121. The van der Waals surface area contributed by atoms with E-state index in [1.54, 1.807) is 20.1 Å². The summed E-state index contributed by atoms with van der Waals surface area (Å²) >= 11 is 0. The van der Waals surface area contributed by atoms with Crippen LogP contribution in [0.5, 0.6) is 5.75 Å². The molecule has 2 amide bonds. The van der Waals surface area contributed by atoms with Crippen LogP contribution in [0.2, 0.25) is 0 Å². The first-order chi connectivity index (χ1) is 15.4. The summed E-state index contributed by atoms with van der Waals surface area (Å²) in [6, 6.07) is 23.5. The van der Waals surface area contributed by atoms with E-state index in [-0.39, 0.29) is 18.2 Å². The lowest BCUT2D eigenvalue weighted by Gasteiger charge is -2.11. The first-order valence-corrected chi connectivity index (χ1v) is 10.3. The number of nitrogens with one attached hydrogen (secondary N) is 3. The number of hydrogen-bond donors (Lipinski definition) is 3. The number of hydrazine groups is 1. The van der Waals surface area contributed by atoms with Gasteiger partial charge in [-0.05, 0) is 48.2 Å². The number of anilines is 1. The summed E-state index contributed by atoms with van der Waals surface area (Å²) < 4.78 is 5.27. The Morgan fingerprint density at radius 1 is 0.906 bits per heavy atom. The van der Waals surface area contributed by atoms with Gasteiger partial charge in [0.05, 0.1) is 19.2 Å². The molecule has 0 bridgehead atoms. The van der Waals surface area contributed by atoms with Crippen molar-refractivity contribution in [1.29, 1.82) is 0 Å². The quantitative estimate of drug-likeness (QED) is 0.367. The topological polar surface area (TPSA) is 79.5 Å². The fourth-order valence-corrected chi connectivity index (χ4v) is 3.16. The van der Waals surface area contributed by atoms with E-state index in [4.69, 9.17) is 4.74 Å². The predicted octanol–water partition coefficient (Wildman–Crippen LogP) is 4.38. The summed E-state index contributed by atoms with van der Waals surface area (Å²) in [6.07, 6.45) is 1.60. The standard InChI is InChI=1S/C26H27N3O3/c1-18-9-14-24(32-3)23(15-18)27-25(30)16-19(2)28-29-26(31)17-20-10-12-22(13-11-20)21-7-5-4-6-8-21/h4-16,28H,17H2,1-3H3,(H,27,30)(H,29,31). The second kappa shape index (κ2) is 10.8. The van der Waals surface area contributed by atoms with Crippen LogP contribution in [0.3, 0.4) is 0 Å². The minimum atomic E-state index is -0.329. The molecule has 0 saturated carbocycles. The third-order valence-corrected chi connectivity index (χ3v) is 4.79. The molecule has 3 rings (SSSR count). The number of amides is 2. The van der Waals surface area contributed by atoms with Crippen molar-refractivity contribution >= 4 is 17.5 Å². The van der Waals surface area contributed by atoms with Gasteiger partial charge in [-0.25, -0.2) is 0 Å². The number of methoxy groups -OCH3 is 1. The first-order valence-electron chi connectivity index (χ1n) is 10.3. The van der Waals surface area contributed by atoms with Crippen molar-refractivity contribution in [2.45, 2.75) is 20.3 Å². The molecular weight excluding hydrogens is 402 g/mol. The summed E-state index contributed by atoms with van der Waals surface area (Å²) in [4.78, 5) is 24.5. The normalized spacial score (nSPS) is 10.9. The maximum Gasteiger partial charge on any atom is 0.250 e. The molecule has 0 aliphatic rings. The fourth-order valence-electron chi connectivity index (χ4n) is 3.16. The van der Waals surface area contributed by atoms with E-state index >= 15 is 0 Å². The van der Waals surface area contributed by atoms with E-state index in [1.165, 1.54) is 6.08 Å². The van der Waals surface area contributed by atoms with Gasteiger partial charge in [0, 0.05) is 11.8 Å². The van der Waals surface area contributed by atoms with E-state index in [1.807, 2.05) is 73.7 Å². The summed E-state index contributed by atoms with van der Waals surface area (Å²) in [5.74, 6) is 0.0465. The third-order valence-electron chi connectivity index (χ3n) is 4.79. The van der Waals surface area contributed by atoms with Gasteiger partial charge in [0.25, 0.3) is 0 Å². The summed E-state index contributed by atoms with van der Waals surface area (Å²) in [5, 5.41) is 2.79. The highest BCUT2D eigenvalue weighted by Gasteiger charge is 2.08. The minimum absolute atomic E-state index is 0.203. The van der Waals surface area contributed by atoms with Gasteiger partial charge in [-0.3, -0.25) is 15.0 Å². The Morgan fingerprint density at radius 3 is 2.28 bits per heavy atom. The van der Waals surface area contributed by atoms with Crippen molar-refractivity contribution in [3.8, 4) is 16.9 Å². The number of carbonyl (C=O) groups excluding carboxylic acids is 2. The van der Waals surface area contributed by atoms with Crippen molar-refractivity contribution in [3.63, 3.8) is 0 Å². The molecule has 0 fully saturated rings. The monoisotopic (exact) mass is 429 g/mol. The van der Waals surface area contributed by atoms with Crippen molar-refractivity contribution in [2.24, 2.45) is 0 Å².